The van der Waals surface area contributed by atoms with Gasteiger partial charge in [0.25, 0.3) is 7.41 Å². The smallest absolute Gasteiger partial charge is 0.408 e. The summed E-state index contributed by atoms with van der Waals surface area (Å²) in [6.07, 6.45) is 4.13. The summed E-state index contributed by atoms with van der Waals surface area (Å²) < 4.78 is 8.51. The van der Waals surface area contributed by atoms with Gasteiger partial charge in [0, 0.05) is 29.6 Å². The van der Waals surface area contributed by atoms with Crippen LogP contribution in [0.4, 0.5) is 4.79 Å². The van der Waals surface area contributed by atoms with Crippen LogP contribution in [0.5, 0.6) is 0 Å². The number of benzene rings is 1. The van der Waals surface area contributed by atoms with Crippen LogP contribution in [0.15, 0.2) is 42.0 Å². The van der Waals surface area contributed by atoms with E-state index >= 15 is 0 Å². The number of allylic oxidation sites excluding steroid dienone is 2. The molecule has 1 aromatic heterocycles. The number of hydrogen-bond acceptors (Lipinski definition) is 3. The molecular formula is C22H28B2N3O3. The van der Waals surface area contributed by atoms with Crippen molar-refractivity contribution in [1.29, 1.82) is 0 Å². The summed E-state index contributed by atoms with van der Waals surface area (Å²) >= 11 is 0. The zero-order valence-corrected chi connectivity index (χ0v) is 18.5. The van der Waals surface area contributed by atoms with E-state index in [1.165, 1.54) is 0 Å². The summed E-state index contributed by atoms with van der Waals surface area (Å²) in [7, 11) is 9.61. The Kier molecular flexibility index (Phi) is 5.81. The zero-order valence-electron chi connectivity index (χ0n) is 18.5. The van der Waals surface area contributed by atoms with Crippen LogP contribution in [-0.2, 0) is 22.0 Å². The average Bonchev–Trinajstić information content (AvgIpc) is 3.39. The quantitative estimate of drug-likeness (QED) is 0.753. The third kappa shape index (κ3) is 4.74. The van der Waals surface area contributed by atoms with Crippen molar-refractivity contribution in [3.8, 4) is 0 Å². The van der Waals surface area contributed by atoms with Crippen molar-refractivity contribution < 1.29 is 14.3 Å². The Bertz CT molecular complexity index is 1000. The number of hydrogen-bond donors (Lipinski definition) is 1. The molecule has 0 spiro atoms. The van der Waals surface area contributed by atoms with Crippen molar-refractivity contribution >= 4 is 38.3 Å². The number of ether oxygens (including phenoxy) is 1. The van der Waals surface area contributed by atoms with Gasteiger partial charge in [-0.3, -0.25) is 4.79 Å². The fourth-order valence-electron chi connectivity index (χ4n) is 3.54. The lowest BCUT2D eigenvalue weighted by molar-refractivity contribution is -0.127. The molecule has 30 heavy (non-hydrogen) atoms. The molecule has 3 rings (SSSR count). The van der Waals surface area contributed by atoms with Gasteiger partial charge in [-0.1, -0.05) is 43.6 Å². The molecular weight excluding hydrogens is 376 g/mol. The first-order valence-corrected chi connectivity index (χ1v) is 10.1. The number of carbonyl (C=O) groups excluding carboxylic acids is 2. The highest BCUT2D eigenvalue weighted by Crippen LogP contribution is 2.35. The maximum absolute atomic E-state index is 13.3. The van der Waals surface area contributed by atoms with Gasteiger partial charge in [0.05, 0.1) is 0 Å². The normalized spacial score (nSPS) is 14.7. The van der Waals surface area contributed by atoms with Crippen LogP contribution < -0.4 is 5.32 Å². The van der Waals surface area contributed by atoms with Gasteiger partial charge in [0.15, 0.2) is 0 Å². The molecule has 0 bridgehead atoms. The molecule has 155 valence electrons. The van der Waals surface area contributed by atoms with Crippen LogP contribution in [0.3, 0.4) is 0 Å². The maximum Gasteiger partial charge on any atom is 0.408 e. The van der Waals surface area contributed by atoms with E-state index in [-0.39, 0.29) is 0 Å². The van der Waals surface area contributed by atoms with E-state index in [0.717, 1.165) is 33.1 Å². The van der Waals surface area contributed by atoms with E-state index < -0.39 is 29.1 Å². The minimum Gasteiger partial charge on any atom is -0.444 e. The fourth-order valence-corrected chi connectivity index (χ4v) is 3.54. The van der Waals surface area contributed by atoms with Gasteiger partial charge in [0.2, 0.25) is 13.9 Å². The summed E-state index contributed by atoms with van der Waals surface area (Å²) in [5, 5.41) is 3.80. The molecule has 1 N–H and O–H groups in total. The number of alkyl carbamates (subject to hydrolysis) is 1. The van der Waals surface area contributed by atoms with E-state index in [1.807, 2.05) is 62.0 Å². The molecule has 2 aromatic rings. The lowest BCUT2D eigenvalue weighted by Gasteiger charge is -2.37. The summed E-state index contributed by atoms with van der Waals surface area (Å²) in [6, 6.07) is 7.04. The topological polar surface area (TPSA) is 63.6 Å². The Morgan fingerprint density at radius 3 is 2.47 bits per heavy atom. The number of aromatic nitrogens is 1. The molecule has 1 aliphatic carbocycles. The monoisotopic (exact) mass is 404 g/mol. The van der Waals surface area contributed by atoms with E-state index in [9.17, 15) is 9.59 Å². The third-order valence-electron chi connectivity index (χ3n) is 5.22. The molecule has 1 aromatic carbocycles. The minimum atomic E-state index is -0.932. The first-order valence-electron chi connectivity index (χ1n) is 10.1. The van der Waals surface area contributed by atoms with Crippen molar-refractivity contribution in [2.45, 2.75) is 58.1 Å². The van der Waals surface area contributed by atoms with Gasteiger partial charge in [-0.05, 0) is 38.8 Å². The van der Waals surface area contributed by atoms with E-state index in [2.05, 4.69) is 5.32 Å². The van der Waals surface area contributed by atoms with Crippen LogP contribution >= 0.6 is 0 Å². The Hall–Kier alpha value is -2.63. The average molecular weight is 404 g/mol. The predicted octanol–water partition coefficient (Wildman–Crippen LogP) is 3.17. The molecule has 0 aliphatic heterocycles. The number of carbonyl (C=O) groups is 2. The van der Waals surface area contributed by atoms with Gasteiger partial charge < -0.3 is 19.3 Å². The summed E-state index contributed by atoms with van der Waals surface area (Å²) in [6.45, 7) is 9.20. The number of amides is 2. The second-order valence-corrected chi connectivity index (χ2v) is 9.33. The minimum absolute atomic E-state index is 0.411. The van der Waals surface area contributed by atoms with Crippen LogP contribution in [0, 0.1) is 0 Å². The van der Waals surface area contributed by atoms with Gasteiger partial charge in [-0.15, -0.1) is 0 Å². The molecule has 0 saturated heterocycles. The van der Waals surface area contributed by atoms with E-state index in [0.29, 0.717) is 0 Å². The fraction of sp³-hybridized carbons (Fsp3) is 0.455. The van der Waals surface area contributed by atoms with Crippen molar-refractivity contribution in [3.05, 3.63) is 47.6 Å². The SMILES string of the molecule is [B]N([B]C1=CC1)C(=O)C(NC(=O)OC(C)(C)C)C(C)(C)c1cn(C)c2ccccc12. The molecule has 1 unspecified atom stereocenters. The van der Waals surface area contributed by atoms with Crippen molar-refractivity contribution in [1.82, 2.24) is 14.6 Å². The van der Waals surface area contributed by atoms with Crippen LogP contribution in [0.2, 0.25) is 0 Å². The number of aryl methyl sites for hydroxylation is 1. The molecule has 3 radical (unpaired) electrons. The summed E-state index contributed by atoms with van der Waals surface area (Å²) in [4.78, 5) is 25.9. The van der Waals surface area contributed by atoms with Gasteiger partial charge in [0.1, 0.15) is 11.6 Å². The number of rotatable bonds is 6. The predicted molar refractivity (Wildman–Crippen MR) is 120 cm³/mol. The molecule has 8 heteroatoms. The molecule has 1 heterocycles. The Labute approximate surface area is 180 Å². The highest BCUT2D eigenvalue weighted by atomic mass is 16.6. The summed E-state index contributed by atoms with van der Waals surface area (Å²) in [5.41, 5.74) is 1.52. The van der Waals surface area contributed by atoms with Crippen LogP contribution in [0.25, 0.3) is 10.9 Å². The largest absolute Gasteiger partial charge is 0.444 e. The number of nitrogens with one attached hydrogen (secondary N) is 1. The highest BCUT2D eigenvalue weighted by molar-refractivity contribution is 6.55. The second-order valence-electron chi connectivity index (χ2n) is 9.33. The number of nitrogens with zero attached hydrogens (tertiary/aromatic N) is 2. The first-order chi connectivity index (χ1) is 13.9. The Morgan fingerprint density at radius 1 is 1.23 bits per heavy atom. The van der Waals surface area contributed by atoms with Crippen LogP contribution in [0.1, 0.15) is 46.6 Å². The lowest BCUT2D eigenvalue weighted by Crippen LogP contribution is -2.58. The molecule has 2 amide bonds. The van der Waals surface area contributed by atoms with Gasteiger partial charge in [-0.2, -0.15) is 0 Å². The van der Waals surface area contributed by atoms with E-state index in [1.54, 1.807) is 28.2 Å². The number of fused-ring (bicyclic) bond motifs is 1. The lowest BCUT2D eigenvalue weighted by atomic mass is 9.74. The Morgan fingerprint density at radius 2 is 1.87 bits per heavy atom. The molecule has 6 nitrogen and oxygen atoms in total. The van der Waals surface area contributed by atoms with Crippen molar-refractivity contribution in [2.75, 3.05) is 0 Å². The molecule has 1 aliphatic rings. The zero-order chi connectivity index (χ0) is 22.3. The number of para-hydroxylation sites is 1. The highest BCUT2D eigenvalue weighted by Gasteiger charge is 2.41. The molecule has 0 fully saturated rings. The van der Waals surface area contributed by atoms with Crippen molar-refractivity contribution in [3.63, 3.8) is 0 Å². The first kappa shape index (κ1) is 22.1. The van der Waals surface area contributed by atoms with E-state index in [4.69, 9.17) is 12.7 Å². The molecule has 1 atom stereocenters. The van der Waals surface area contributed by atoms with Gasteiger partial charge in [-0.25, -0.2) is 4.79 Å². The second kappa shape index (κ2) is 7.89. The van der Waals surface area contributed by atoms with Gasteiger partial charge >= 0.3 is 6.09 Å². The van der Waals surface area contributed by atoms with Crippen molar-refractivity contribution in [2.24, 2.45) is 7.05 Å². The summed E-state index contributed by atoms with van der Waals surface area (Å²) in [5.74, 6) is -0.411. The third-order valence-corrected chi connectivity index (χ3v) is 5.22. The van der Waals surface area contributed by atoms with Crippen LogP contribution in [-0.4, -0.2) is 48.3 Å². The molecule has 0 saturated carbocycles. The maximum atomic E-state index is 13.3. The Balaban J connectivity index is 1.98. The standard InChI is InChI=1S/C22H28B2N3O3/c1-21(2,3)30-20(29)25-18(19(28)27(23)24-14-11-12-14)22(4,5)16-13-26(6)17-10-8-7-9-15(16)17/h7-11,13,18H,12H2,1-6H3,(H,25,29).